The standard InChI is InChI=1S/C21H32N2O4S/c1-17-5-3-4-6-21(17)27-16-15-22-11-13-23(14-12-22)28(25,26)20-9-7-19(8-10-20)18(2)24/h7-10,17,21H,3-6,11-16H2,1-2H3/t17-,21-/m0/s1. The highest BCUT2D eigenvalue weighted by Crippen LogP contribution is 2.26. The molecule has 2 aliphatic rings. The van der Waals surface area contributed by atoms with Crippen LogP contribution >= 0.6 is 0 Å². The second kappa shape index (κ2) is 9.48. The number of carbonyl (C=O) groups is 1. The number of rotatable bonds is 7. The van der Waals surface area contributed by atoms with Gasteiger partial charge in [-0.05, 0) is 37.8 Å². The second-order valence-corrected chi connectivity index (χ2v) is 9.94. The minimum atomic E-state index is -3.51. The maximum atomic E-state index is 12.8. The first-order chi connectivity index (χ1) is 13.4. The second-order valence-electron chi connectivity index (χ2n) is 8.00. The maximum Gasteiger partial charge on any atom is 0.243 e. The fourth-order valence-electron chi connectivity index (χ4n) is 4.07. The van der Waals surface area contributed by atoms with Crippen LogP contribution in [-0.2, 0) is 14.8 Å². The lowest BCUT2D eigenvalue weighted by Gasteiger charge is -2.35. The number of nitrogens with zero attached hydrogens (tertiary/aromatic N) is 2. The van der Waals surface area contributed by atoms with E-state index in [1.807, 2.05) is 0 Å². The average molecular weight is 409 g/mol. The van der Waals surface area contributed by atoms with E-state index >= 15 is 0 Å². The molecule has 6 nitrogen and oxygen atoms in total. The van der Waals surface area contributed by atoms with Gasteiger partial charge in [0.25, 0.3) is 0 Å². The zero-order valence-corrected chi connectivity index (χ0v) is 17.8. The molecule has 0 aromatic heterocycles. The molecular formula is C21H32N2O4S. The van der Waals surface area contributed by atoms with Gasteiger partial charge in [0.1, 0.15) is 0 Å². The summed E-state index contributed by atoms with van der Waals surface area (Å²) in [5.74, 6) is 0.576. The monoisotopic (exact) mass is 408 g/mol. The van der Waals surface area contributed by atoms with Crippen LogP contribution in [0.2, 0.25) is 0 Å². The Hall–Kier alpha value is -1.28. The molecule has 28 heavy (non-hydrogen) atoms. The lowest BCUT2D eigenvalue weighted by Crippen LogP contribution is -2.49. The van der Waals surface area contributed by atoms with E-state index in [1.165, 1.54) is 42.6 Å². The van der Waals surface area contributed by atoms with Gasteiger partial charge in [-0.25, -0.2) is 8.42 Å². The van der Waals surface area contributed by atoms with E-state index in [0.29, 0.717) is 50.4 Å². The smallest absolute Gasteiger partial charge is 0.243 e. The minimum absolute atomic E-state index is 0.0672. The highest BCUT2D eigenvalue weighted by Gasteiger charge is 2.29. The van der Waals surface area contributed by atoms with E-state index in [2.05, 4.69) is 11.8 Å². The van der Waals surface area contributed by atoms with E-state index in [1.54, 1.807) is 12.1 Å². The molecule has 1 aromatic carbocycles. The third-order valence-corrected chi connectivity index (χ3v) is 7.91. The van der Waals surface area contributed by atoms with Gasteiger partial charge in [0, 0.05) is 38.3 Å². The number of ether oxygens (including phenoxy) is 1. The van der Waals surface area contributed by atoms with Crippen molar-refractivity contribution in [2.45, 2.75) is 50.5 Å². The van der Waals surface area contributed by atoms with E-state index in [4.69, 9.17) is 4.74 Å². The predicted octanol–water partition coefficient (Wildman–Crippen LogP) is 2.79. The molecule has 0 bridgehead atoms. The van der Waals surface area contributed by atoms with Gasteiger partial charge in [0.15, 0.2) is 5.78 Å². The Kier molecular flexibility index (Phi) is 7.25. The summed E-state index contributed by atoms with van der Waals surface area (Å²) in [7, 11) is -3.51. The highest BCUT2D eigenvalue weighted by molar-refractivity contribution is 7.89. The number of carbonyl (C=O) groups excluding carboxylic acids is 1. The Morgan fingerprint density at radius 1 is 1.07 bits per heavy atom. The molecule has 156 valence electrons. The molecule has 3 rings (SSSR count). The molecule has 2 fully saturated rings. The summed E-state index contributed by atoms with van der Waals surface area (Å²) in [6.07, 6.45) is 5.38. The highest BCUT2D eigenvalue weighted by atomic mass is 32.2. The van der Waals surface area contributed by atoms with Crippen LogP contribution in [0, 0.1) is 5.92 Å². The Labute approximate surface area is 168 Å². The van der Waals surface area contributed by atoms with Crippen LogP contribution in [0.4, 0.5) is 0 Å². The number of hydrogen-bond donors (Lipinski definition) is 0. The number of hydrogen-bond acceptors (Lipinski definition) is 5. The van der Waals surface area contributed by atoms with Crippen molar-refractivity contribution in [1.29, 1.82) is 0 Å². The van der Waals surface area contributed by atoms with Crippen LogP contribution in [0.15, 0.2) is 29.2 Å². The van der Waals surface area contributed by atoms with Crippen LogP contribution < -0.4 is 0 Å². The van der Waals surface area contributed by atoms with Crippen molar-refractivity contribution in [3.05, 3.63) is 29.8 Å². The molecule has 0 radical (unpaired) electrons. The van der Waals surface area contributed by atoms with Gasteiger partial charge in [-0.2, -0.15) is 4.31 Å². The number of sulfonamides is 1. The van der Waals surface area contributed by atoms with Gasteiger partial charge in [0.05, 0.1) is 17.6 Å². The SMILES string of the molecule is CC(=O)c1ccc(S(=O)(=O)N2CCN(CCO[C@H]3CCCC[C@@H]3C)CC2)cc1. The molecule has 1 saturated heterocycles. The maximum absolute atomic E-state index is 12.8. The summed E-state index contributed by atoms with van der Waals surface area (Å²) in [4.78, 5) is 13.9. The molecule has 1 aliphatic carbocycles. The van der Waals surface area contributed by atoms with Crippen LogP contribution in [-0.4, -0.2) is 68.8 Å². The lowest BCUT2D eigenvalue weighted by molar-refractivity contribution is -0.0160. The first-order valence-corrected chi connectivity index (χ1v) is 11.8. The molecule has 1 aliphatic heterocycles. The van der Waals surface area contributed by atoms with Gasteiger partial charge in [0.2, 0.25) is 10.0 Å². The Balaban J connectivity index is 1.46. The van der Waals surface area contributed by atoms with Crippen molar-refractivity contribution < 1.29 is 17.9 Å². The van der Waals surface area contributed by atoms with Crippen molar-refractivity contribution in [3.63, 3.8) is 0 Å². The van der Waals surface area contributed by atoms with Gasteiger partial charge in [-0.1, -0.05) is 31.9 Å². The van der Waals surface area contributed by atoms with Crippen molar-refractivity contribution in [1.82, 2.24) is 9.21 Å². The van der Waals surface area contributed by atoms with Gasteiger partial charge < -0.3 is 4.74 Å². The van der Waals surface area contributed by atoms with Gasteiger partial charge >= 0.3 is 0 Å². The molecule has 0 amide bonds. The fraction of sp³-hybridized carbons (Fsp3) is 0.667. The molecule has 1 aromatic rings. The number of Topliss-reactive ketones (excluding diaryl/α,β-unsaturated/α-hetero) is 1. The molecule has 0 unspecified atom stereocenters. The third kappa shape index (κ3) is 5.20. The summed E-state index contributed by atoms with van der Waals surface area (Å²) in [6, 6.07) is 6.21. The van der Waals surface area contributed by atoms with Gasteiger partial charge in [-0.3, -0.25) is 9.69 Å². The van der Waals surface area contributed by atoms with Crippen LogP contribution in [0.3, 0.4) is 0 Å². The summed E-state index contributed by atoms with van der Waals surface area (Å²) in [6.45, 7) is 7.71. The summed E-state index contributed by atoms with van der Waals surface area (Å²) in [5.41, 5.74) is 0.524. The molecule has 1 heterocycles. The van der Waals surface area contributed by atoms with Crippen molar-refractivity contribution in [3.8, 4) is 0 Å². The zero-order valence-electron chi connectivity index (χ0n) is 17.0. The largest absolute Gasteiger partial charge is 0.377 e. The number of ketones is 1. The lowest BCUT2D eigenvalue weighted by atomic mass is 9.88. The van der Waals surface area contributed by atoms with E-state index in [9.17, 15) is 13.2 Å². The third-order valence-electron chi connectivity index (χ3n) is 6.00. The van der Waals surface area contributed by atoms with E-state index in [0.717, 1.165) is 13.0 Å². The molecule has 1 saturated carbocycles. The first-order valence-electron chi connectivity index (χ1n) is 10.3. The summed E-state index contributed by atoms with van der Waals surface area (Å²) >= 11 is 0. The predicted molar refractivity (Wildman–Crippen MR) is 109 cm³/mol. The molecule has 7 heteroatoms. The van der Waals surface area contributed by atoms with Crippen LogP contribution in [0.5, 0.6) is 0 Å². The van der Waals surface area contributed by atoms with Crippen molar-refractivity contribution in [2.24, 2.45) is 5.92 Å². The Bertz CT molecular complexity index is 755. The summed E-state index contributed by atoms with van der Waals surface area (Å²) in [5, 5.41) is 0. The number of benzene rings is 1. The molecule has 0 N–H and O–H groups in total. The quantitative estimate of drug-likeness (QED) is 0.649. The fourth-order valence-corrected chi connectivity index (χ4v) is 5.49. The molecular weight excluding hydrogens is 376 g/mol. The average Bonchev–Trinajstić information content (AvgIpc) is 2.70. The minimum Gasteiger partial charge on any atom is -0.377 e. The van der Waals surface area contributed by atoms with Crippen molar-refractivity contribution in [2.75, 3.05) is 39.3 Å². The number of piperazine rings is 1. The van der Waals surface area contributed by atoms with E-state index in [-0.39, 0.29) is 10.7 Å². The Morgan fingerprint density at radius 3 is 2.32 bits per heavy atom. The summed E-state index contributed by atoms with van der Waals surface area (Å²) < 4.78 is 33.3. The first kappa shape index (κ1) is 21.4. The van der Waals surface area contributed by atoms with Crippen molar-refractivity contribution >= 4 is 15.8 Å². The van der Waals surface area contributed by atoms with Crippen LogP contribution in [0.1, 0.15) is 49.9 Å². The normalized spacial score (nSPS) is 24.9. The molecule has 2 atom stereocenters. The topological polar surface area (TPSA) is 66.9 Å². The van der Waals surface area contributed by atoms with Gasteiger partial charge in [-0.15, -0.1) is 0 Å². The van der Waals surface area contributed by atoms with Crippen LogP contribution in [0.25, 0.3) is 0 Å². The Morgan fingerprint density at radius 2 is 1.71 bits per heavy atom. The molecule has 0 spiro atoms. The zero-order chi connectivity index (χ0) is 20.1. The van der Waals surface area contributed by atoms with E-state index < -0.39 is 10.0 Å².